The first-order valence-electron chi connectivity index (χ1n) is 8.56. The molecule has 4 nitrogen and oxygen atoms in total. The zero-order valence-corrected chi connectivity index (χ0v) is 14.3. The van der Waals surface area contributed by atoms with Gasteiger partial charge < -0.3 is 9.64 Å². The second-order valence-corrected chi connectivity index (χ2v) is 7.60. The summed E-state index contributed by atoms with van der Waals surface area (Å²) in [6.07, 6.45) is 3.22. The molecule has 1 amide bonds. The van der Waals surface area contributed by atoms with Gasteiger partial charge in [0.15, 0.2) is 0 Å². The third-order valence-corrected chi connectivity index (χ3v) is 4.77. The molecule has 0 aromatic heterocycles. The molecule has 21 heavy (non-hydrogen) atoms. The molecule has 4 atom stereocenters. The van der Waals surface area contributed by atoms with Gasteiger partial charge in [-0.25, -0.2) is 0 Å². The van der Waals surface area contributed by atoms with Crippen LogP contribution in [0.25, 0.3) is 0 Å². The monoisotopic (exact) mass is 296 g/mol. The molecule has 0 aromatic carbocycles. The van der Waals surface area contributed by atoms with Crippen molar-refractivity contribution in [1.82, 2.24) is 10.2 Å². The minimum Gasteiger partial charge on any atom is -0.381 e. The highest BCUT2D eigenvalue weighted by Crippen LogP contribution is 2.29. The molecule has 0 radical (unpaired) electrons. The van der Waals surface area contributed by atoms with Crippen LogP contribution in [0, 0.1) is 17.8 Å². The van der Waals surface area contributed by atoms with Gasteiger partial charge in [-0.15, -0.1) is 0 Å². The fourth-order valence-electron chi connectivity index (χ4n) is 3.63. The Balaban J connectivity index is 2.10. The van der Waals surface area contributed by atoms with Crippen LogP contribution in [0.2, 0.25) is 0 Å². The Kier molecular flexibility index (Phi) is 5.67. The third-order valence-electron chi connectivity index (χ3n) is 4.77. The van der Waals surface area contributed by atoms with Crippen molar-refractivity contribution in [3.05, 3.63) is 0 Å². The van der Waals surface area contributed by atoms with E-state index in [1.165, 1.54) is 0 Å². The Labute approximate surface area is 129 Å². The van der Waals surface area contributed by atoms with Crippen molar-refractivity contribution in [2.75, 3.05) is 13.2 Å². The fraction of sp³-hybridized carbons (Fsp3) is 0.941. The van der Waals surface area contributed by atoms with Gasteiger partial charge in [0.1, 0.15) is 0 Å². The van der Waals surface area contributed by atoms with E-state index in [0.717, 1.165) is 32.5 Å². The zero-order valence-electron chi connectivity index (χ0n) is 14.3. The van der Waals surface area contributed by atoms with Gasteiger partial charge in [0.25, 0.3) is 0 Å². The van der Waals surface area contributed by atoms with Gasteiger partial charge in [0.2, 0.25) is 5.91 Å². The molecule has 0 saturated carbocycles. The fourth-order valence-corrected chi connectivity index (χ4v) is 3.63. The van der Waals surface area contributed by atoms with Gasteiger partial charge in [-0.3, -0.25) is 10.1 Å². The molecule has 4 unspecified atom stereocenters. The van der Waals surface area contributed by atoms with Gasteiger partial charge in [0.05, 0.1) is 18.8 Å². The molecule has 2 rings (SSSR count). The predicted molar refractivity (Wildman–Crippen MR) is 84.9 cm³/mol. The Bertz CT molecular complexity index is 351. The smallest absolute Gasteiger partial charge is 0.241 e. The van der Waals surface area contributed by atoms with E-state index in [-0.39, 0.29) is 18.2 Å². The van der Waals surface area contributed by atoms with Crippen molar-refractivity contribution in [3.8, 4) is 0 Å². The molecule has 2 aliphatic heterocycles. The third kappa shape index (κ3) is 3.98. The summed E-state index contributed by atoms with van der Waals surface area (Å²) in [6, 6.07) is 0.270. The Morgan fingerprint density at radius 1 is 1.19 bits per heavy atom. The quantitative estimate of drug-likeness (QED) is 0.819. The lowest BCUT2D eigenvalue weighted by atomic mass is 9.97. The minimum atomic E-state index is -0.00137. The number of nitrogens with zero attached hydrogens (tertiary/aromatic N) is 1. The standard InChI is InChI=1S/C17H32N2O2/c1-11(2)8-15-17(20)19(16(18-15)9-12(3)4)13(5)14-6-7-21-10-14/h11-16,18H,6-10H2,1-5H3. The lowest BCUT2D eigenvalue weighted by molar-refractivity contribution is -0.133. The number of carbonyl (C=O) groups is 1. The summed E-state index contributed by atoms with van der Waals surface area (Å²) >= 11 is 0. The molecule has 2 fully saturated rings. The van der Waals surface area contributed by atoms with Crippen LogP contribution in [0.3, 0.4) is 0 Å². The molecule has 0 aromatic rings. The number of amides is 1. The second kappa shape index (κ2) is 7.10. The number of nitrogens with one attached hydrogen (secondary N) is 1. The Morgan fingerprint density at radius 2 is 1.86 bits per heavy atom. The highest BCUT2D eigenvalue weighted by Gasteiger charge is 2.43. The molecular weight excluding hydrogens is 264 g/mol. The molecule has 4 heteroatoms. The number of rotatable bonds is 6. The first-order valence-corrected chi connectivity index (χ1v) is 8.56. The van der Waals surface area contributed by atoms with E-state index in [2.05, 4.69) is 44.8 Å². The summed E-state index contributed by atoms with van der Waals surface area (Å²) in [5.41, 5.74) is 0. The summed E-state index contributed by atoms with van der Waals surface area (Å²) in [4.78, 5) is 15.0. The van der Waals surface area contributed by atoms with Crippen LogP contribution in [-0.2, 0) is 9.53 Å². The molecular formula is C17H32N2O2. The van der Waals surface area contributed by atoms with Crippen LogP contribution in [0.15, 0.2) is 0 Å². The molecule has 1 N–H and O–H groups in total. The highest BCUT2D eigenvalue weighted by molar-refractivity contribution is 5.84. The maximum Gasteiger partial charge on any atom is 0.241 e. The van der Waals surface area contributed by atoms with Gasteiger partial charge in [-0.2, -0.15) is 0 Å². The van der Waals surface area contributed by atoms with Crippen molar-refractivity contribution in [3.63, 3.8) is 0 Å². The molecule has 2 heterocycles. The summed E-state index contributed by atoms with van der Waals surface area (Å²) in [7, 11) is 0. The summed E-state index contributed by atoms with van der Waals surface area (Å²) in [6.45, 7) is 12.7. The largest absolute Gasteiger partial charge is 0.381 e. The van der Waals surface area contributed by atoms with Gasteiger partial charge in [0, 0.05) is 18.6 Å². The summed E-state index contributed by atoms with van der Waals surface area (Å²) in [5, 5.41) is 3.59. The van der Waals surface area contributed by atoms with Crippen LogP contribution in [0.4, 0.5) is 0 Å². The Morgan fingerprint density at radius 3 is 2.38 bits per heavy atom. The average molecular weight is 296 g/mol. The zero-order chi connectivity index (χ0) is 15.6. The maximum atomic E-state index is 12.9. The minimum absolute atomic E-state index is 0.00137. The topological polar surface area (TPSA) is 41.6 Å². The normalized spacial score (nSPS) is 31.7. The number of carbonyl (C=O) groups excluding carboxylic acids is 1. The lowest BCUT2D eigenvalue weighted by Crippen LogP contribution is -2.47. The van der Waals surface area contributed by atoms with Crippen molar-refractivity contribution in [1.29, 1.82) is 0 Å². The highest BCUT2D eigenvalue weighted by atomic mass is 16.5. The molecule has 0 aliphatic carbocycles. The SMILES string of the molecule is CC(C)CC1NC(CC(C)C)N(C(C)C2CCOC2)C1=O. The van der Waals surface area contributed by atoms with Crippen molar-refractivity contribution >= 4 is 5.91 Å². The van der Waals surface area contributed by atoms with E-state index in [0.29, 0.717) is 23.7 Å². The molecule has 0 spiro atoms. The molecule has 122 valence electrons. The average Bonchev–Trinajstić information content (AvgIpc) is 2.98. The van der Waals surface area contributed by atoms with Crippen LogP contribution >= 0.6 is 0 Å². The predicted octanol–water partition coefficient (Wildman–Crippen LogP) is 2.63. The van der Waals surface area contributed by atoms with Gasteiger partial charge >= 0.3 is 0 Å². The molecule has 2 aliphatic rings. The van der Waals surface area contributed by atoms with Crippen LogP contribution in [0.1, 0.15) is 53.9 Å². The molecule has 0 bridgehead atoms. The van der Waals surface area contributed by atoms with E-state index in [1.807, 2.05) is 0 Å². The maximum absolute atomic E-state index is 12.9. The van der Waals surface area contributed by atoms with Crippen molar-refractivity contribution in [2.24, 2.45) is 17.8 Å². The summed E-state index contributed by atoms with van der Waals surface area (Å²) in [5.74, 6) is 1.91. The van der Waals surface area contributed by atoms with E-state index in [9.17, 15) is 4.79 Å². The lowest BCUT2D eigenvalue weighted by Gasteiger charge is -2.34. The molecule has 2 saturated heterocycles. The van der Waals surface area contributed by atoms with Crippen LogP contribution in [-0.4, -0.2) is 42.3 Å². The Hall–Kier alpha value is -0.610. The van der Waals surface area contributed by atoms with Crippen LogP contribution < -0.4 is 5.32 Å². The number of hydrogen-bond donors (Lipinski definition) is 1. The summed E-state index contributed by atoms with van der Waals surface area (Å²) < 4.78 is 5.52. The number of ether oxygens (including phenoxy) is 1. The number of hydrogen-bond acceptors (Lipinski definition) is 3. The van der Waals surface area contributed by atoms with E-state index < -0.39 is 0 Å². The van der Waals surface area contributed by atoms with Crippen molar-refractivity contribution < 1.29 is 9.53 Å². The first-order chi connectivity index (χ1) is 9.90. The second-order valence-electron chi connectivity index (χ2n) is 7.60. The van der Waals surface area contributed by atoms with Crippen LogP contribution in [0.5, 0.6) is 0 Å². The van der Waals surface area contributed by atoms with Gasteiger partial charge in [-0.1, -0.05) is 27.7 Å². The van der Waals surface area contributed by atoms with Crippen molar-refractivity contribution in [2.45, 2.75) is 72.1 Å². The van der Waals surface area contributed by atoms with E-state index >= 15 is 0 Å². The van der Waals surface area contributed by atoms with E-state index in [4.69, 9.17) is 4.74 Å². The van der Waals surface area contributed by atoms with E-state index in [1.54, 1.807) is 0 Å². The van der Waals surface area contributed by atoms with Gasteiger partial charge in [-0.05, 0) is 38.0 Å². The first kappa shape index (κ1) is 16.8.